The number of nitrogens with zero attached hydrogens (tertiary/aromatic N) is 1. The second-order valence-corrected chi connectivity index (χ2v) is 6.50. The molecule has 0 saturated carbocycles. The summed E-state index contributed by atoms with van der Waals surface area (Å²) in [6, 6.07) is 15.1. The molecule has 0 aromatic heterocycles. The zero-order chi connectivity index (χ0) is 17.8. The summed E-state index contributed by atoms with van der Waals surface area (Å²) in [6.07, 6.45) is 0.946. The first-order chi connectivity index (χ1) is 12.0. The van der Waals surface area contributed by atoms with Crippen molar-refractivity contribution in [2.45, 2.75) is 12.8 Å². The minimum absolute atomic E-state index is 0.254. The molecule has 0 aliphatic carbocycles. The van der Waals surface area contributed by atoms with E-state index in [-0.39, 0.29) is 11.9 Å². The number of piperidine rings is 1. The van der Waals surface area contributed by atoms with Gasteiger partial charge in [-0.1, -0.05) is 48.0 Å². The molecule has 6 heteroatoms. The standard InChI is InChI=1S/C19H19ClN2O3/c20-16-7-6-15(13-4-2-1-3-5-13)12-17(16)21-19(25)22-10-8-14(9-11-22)18(23)24/h1-7,12,14H,8-11H2,(H,21,25)(H,23,24). The molecular weight excluding hydrogens is 340 g/mol. The molecule has 25 heavy (non-hydrogen) atoms. The van der Waals surface area contributed by atoms with E-state index >= 15 is 0 Å². The number of halogens is 1. The van der Waals surface area contributed by atoms with Crippen molar-refractivity contribution in [2.75, 3.05) is 18.4 Å². The van der Waals surface area contributed by atoms with Gasteiger partial charge in [0, 0.05) is 13.1 Å². The highest BCUT2D eigenvalue weighted by molar-refractivity contribution is 6.33. The van der Waals surface area contributed by atoms with Gasteiger partial charge in [0.05, 0.1) is 16.6 Å². The minimum Gasteiger partial charge on any atom is -0.481 e. The number of amides is 2. The summed E-state index contributed by atoms with van der Waals surface area (Å²) in [5, 5.41) is 12.3. The lowest BCUT2D eigenvalue weighted by molar-refractivity contribution is -0.143. The Balaban J connectivity index is 1.70. The number of urea groups is 1. The summed E-state index contributed by atoms with van der Waals surface area (Å²) in [4.78, 5) is 25.1. The van der Waals surface area contributed by atoms with Crippen LogP contribution in [0.1, 0.15) is 12.8 Å². The summed E-state index contributed by atoms with van der Waals surface area (Å²) in [7, 11) is 0. The molecule has 0 unspecified atom stereocenters. The van der Waals surface area contributed by atoms with Gasteiger partial charge in [0.15, 0.2) is 0 Å². The van der Waals surface area contributed by atoms with Crippen LogP contribution in [0.15, 0.2) is 48.5 Å². The van der Waals surface area contributed by atoms with Crippen LogP contribution in [-0.4, -0.2) is 35.1 Å². The third-order valence-electron chi connectivity index (χ3n) is 4.45. The molecule has 0 atom stereocenters. The topological polar surface area (TPSA) is 69.6 Å². The van der Waals surface area contributed by atoms with Gasteiger partial charge in [-0.3, -0.25) is 4.79 Å². The SMILES string of the molecule is O=C(O)C1CCN(C(=O)Nc2cc(-c3ccccc3)ccc2Cl)CC1. The fourth-order valence-corrected chi connectivity index (χ4v) is 3.12. The zero-order valence-electron chi connectivity index (χ0n) is 13.6. The number of carboxylic acid groups (broad SMARTS) is 1. The van der Waals surface area contributed by atoms with Gasteiger partial charge in [-0.15, -0.1) is 0 Å². The van der Waals surface area contributed by atoms with Crippen LogP contribution >= 0.6 is 11.6 Å². The number of hydrogen-bond acceptors (Lipinski definition) is 2. The lowest BCUT2D eigenvalue weighted by Gasteiger charge is -2.30. The highest BCUT2D eigenvalue weighted by atomic mass is 35.5. The van der Waals surface area contributed by atoms with Crippen LogP contribution in [0.4, 0.5) is 10.5 Å². The van der Waals surface area contributed by atoms with Crippen LogP contribution < -0.4 is 5.32 Å². The quantitative estimate of drug-likeness (QED) is 0.857. The molecule has 0 bridgehead atoms. The molecule has 2 aromatic carbocycles. The first-order valence-electron chi connectivity index (χ1n) is 8.18. The number of hydrogen-bond donors (Lipinski definition) is 2. The Labute approximate surface area is 151 Å². The van der Waals surface area contributed by atoms with E-state index in [0.717, 1.165) is 11.1 Å². The molecule has 1 heterocycles. The van der Waals surface area contributed by atoms with E-state index in [9.17, 15) is 9.59 Å². The Hall–Kier alpha value is -2.53. The van der Waals surface area contributed by atoms with Gasteiger partial charge in [-0.25, -0.2) is 4.79 Å². The molecule has 0 spiro atoms. The van der Waals surface area contributed by atoms with Crippen molar-refractivity contribution >= 4 is 29.3 Å². The summed E-state index contributed by atoms with van der Waals surface area (Å²) in [6.45, 7) is 0.859. The number of aliphatic carboxylic acids is 1. The van der Waals surface area contributed by atoms with E-state index in [1.165, 1.54) is 0 Å². The maximum Gasteiger partial charge on any atom is 0.321 e. The van der Waals surface area contributed by atoms with E-state index in [4.69, 9.17) is 16.7 Å². The number of carboxylic acids is 1. The van der Waals surface area contributed by atoms with Gasteiger partial charge < -0.3 is 15.3 Å². The van der Waals surface area contributed by atoms with Crippen LogP contribution in [0.25, 0.3) is 11.1 Å². The Morgan fingerprint density at radius 3 is 2.36 bits per heavy atom. The van der Waals surface area contributed by atoms with Crippen LogP contribution in [0.3, 0.4) is 0 Å². The van der Waals surface area contributed by atoms with Gasteiger partial charge in [0.25, 0.3) is 0 Å². The normalized spacial score (nSPS) is 15.0. The average molecular weight is 359 g/mol. The molecule has 1 aliphatic heterocycles. The molecule has 2 N–H and O–H groups in total. The maximum atomic E-state index is 12.5. The summed E-state index contributed by atoms with van der Waals surface area (Å²) < 4.78 is 0. The van der Waals surface area contributed by atoms with E-state index in [2.05, 4.69) is 5.32 Å². The second kappa shape index (κ2) is 7.57. The second-order valence-electron chi connectivity index (χ2n) is 6.09. The van der Waals surface area contributed by atoms with Crippen molar-refractivity contribution in [1.29, 1.82) is 0 Å². The number of carbonyl (C=O) groups excluding carboxylic acids is 1. The van der Waals surface area contributed by atoms with E-state index in [1.54, 1.807) is 11.0 Å². The number of anilines is 1. The molecule has 130 valence electrons. The molecule has 0 radical (unpaired) electrons. The van der Waals surface area contributed by atoms with Crippen molar-refractivity contribution in [3.63, 3.8) is 0 Å². The van der Waals surface area contributed by atoms with E-state index in [1.807, 2.05) is 42.5 Å². The van der Waals surface area contributed by atoms with Crippen LogP contribution in [-0.2, 0) is 4.79 Å². The number of carbonyl (C=O) groups is 2. The first-order valence-corrected chi connectivity index (χ1v) is 8.56. The molecule has 3 rings (SSSR count). The minimum atomic E-state index is -0.793. The Kier molecular flexibility index (Phi) is 5.24. The summed E-state index contributed by atoms with van der Waals surface area (Å²) in [5.74, 6) is -1.16. The summed E-state index contributed by atoms with van der Waals surface area (Å²) in [5.41, 5.74) is 2.55. The molecule has 2 aromatic rings. The molecule has 1 fully saturated rings. The summed E-state index contributed by atoms with van der Waals surface area (Å²) >= 11 is 6.22. The Bertz CT molecular complexity index is 771. The average Bonchev–Trinajstić information content (AvgIpc) is 2.64. The molecule has 1 aliphatic rings. The van der Waals surface area contributed by atoms with E-state index in [0.29, 0.717) is 36.6 Å². The molecule has 1 saturated heterocycles. The smallest absolute Gasteiger partial charge is 0.321 e. The van der Waals surface area contributed by atoms with Crippen LogP contribution in [0.5, 0.6) is 0 Å². The molecule has 2 amide bonds. The van der Waals surface area contributed by atoms with Crippen LogP contribution in [0.2, 0.25) is 5.02 Å². The highest BCUT2D eigenvalue weighted by Gasteiger charge is 2.27. The fourth-order valence-electron chi connectivity index (χ4n) is 2.96. The van der Waals surface area contributed by atoms with Crippen molar-refractivity contribution in [3.8, 4) is 11.1 Å². The molecular formula is C19H19ClN2O3. The monoisotopic (exact) mass is 358 g/mol. The first kappa shape index (κ1) is 17.3. The predicted octanol–water partition coefficient (Wildman–Crippen LogP) is 4.34. The van der Waals surface area contributed by atoms with E-state index < -0.39 is 5.97 Å². The molecule has 5 nitrogen and oxygen atoms in total. The lowest BCUT2D eigenvalue weighted by Crippen LogP contribution is -2.42. The van der Waals surface area contributed by atoms with Gasteiger partial charge in [0.2, 0.25) is 0 Å². The van der Waals surface area contributed by atoms with Gasteiger partial charge in [0.1, 0.15) is 0 Å². The number of likely N-dealkylation sites (tertiary alicyclic amines) is 1. The number of rotatable bonds is 3. The lowest BCUT2D eigenvalue weighted by atomic mass is 9.97. The predicted molar refractivity (Wildman–Crippen MR) is 97.8 cm³/mol. The van der Waals surface area contributed by atoms with Crippen molar-refractivity contribution in [1.82, 2.24) is 4.90 Å². The van der Waals surface area contributed by atoms with Crippen LogP contribution in [0, 0.1) is 5.92 Å². The number of nitrogens with one attached hydrogen (secondary N) is 1. The van der Waals surface area contributed by atoms with Crippen molar-refractivity contribution in [2.24, 2.45) is 5.92 Å². The number of benzene rings is 2. The zero-order valence-corrected chi connectivity index (χ0v) is 14.4. The Morgan fingerprint density at radius 1 is 1.04 bits per heavy atom. The third kappa shape index (κ3) is 4.12. The van der Waals surface area contributed by atoms with Gasteiger partial charge in [-0.05, 0) is 36.1 Å². The van der Waals surface area contributed by atoms with Crippen molar-refractivity contribution in [3.05, 3.63) is 53.6 Å². The third-order valence-corrected chi connectivity index (χ3v) is 4.78. The van der Waals surface area contributed by atoms with Gasteiger partial charge >= 0.3 is 12.0 Å². The van der Waals surface area contributed by atoms with Gasteiger partial charge in [-0.2, -0.15) is 0 Å². The maximum absolute atomic E-state index is 12.5. The largest absolute Gasteiger partial charge is 0.481 e. The van der Waals surface area contributed by atoms with Crippen molar-refractivity contribution < 1.29 is 14.7 Å². The fraction of sp³-hybridized carbons (Fsp3) is 0.263. The highest BCUT2D eigenvalue weighted by Crippen LogP contribution is 2.29. The Morgan fingerprint density at radius 2 is 1.72 bits per heavy atom.